The second-order valence-corrected chi connectivity index (χ2v) is 9.22. The molecule has 1 amide bonds. The summed E-state index contributed by atoms with van der Waals surface area (Å²) in [6.45, 7) is 0. The van der Waals surface area contributed by atoms with Gasteiger partial charge < -0.3 is 4.90 Å². The third-order valence-corrected chi connectivity index (χ3v) is 6.48. The fraction of sp³-hybridized carbons (Fsp3) is 0.545. The molecule has 100 valence electrons. The number of thiophene rings is 1. The summed E-state index contributed by atoms with van der Waals surface area (Å²) in [5.74, 6) is 0.273. The zero-order chi connectivity index (χ0) is 13.3. The molecule has 1 aromatic heterocycles. The number of hydrogen-bond acceptors (Lipinski definition) is 4. The maximum atomic E-state index is 12.0. The number of carbonyl (C=O) groups is 1. The van der Waals surface area contributed by atoms with Crippen molar-refractivity contribution in [3.63, 3.8) is 0 Å². The molecule has 1 aliphatic heterocycles. The number of halogens is 1. The van der Waals surface area contributed by atoms with E-state index >= 15 is 0 Å². The van der Waals surface area contributed by atoms with Crippen LogP contribution >= 0.6 is 27.3 Å². The Morgan fingerprint density at radius 2 is 2.28 bits per heavy atom. The van der Waals surface area contributed by atoms with Gasteiger partial charge in [0.25, 0.3) is 0 Å². The molecule has 1 saturated heterocycles. The van der Waals surface area contributed by atoms with Crippen molar-refractivity contribution in [1.82, 2.24) is 4.90 Å². The van der Waals surface area contributed by atoms with E-state index in [2.05, 4.69) is 15.9 Å². The predicted octanol–water partition coefficient (Wildman–Crippen LogP) is 1.70. The Kier molecular flexibility index (Phi) is 4.13. The summed E-state index contributed by atoms with van der Waals surface area (Å²) >= 11 is 4.88. The summed E-state index contributed by atoms with van der Waals surface area (Å²) in [7, 11) is -1.25. The van der Waals surface area contributed by atoms with E-state index in [-0.39, 0.29) is 23.5 Å². The monoisotopic (exact) mass is 351 g/mol. The van der Waals surface area contributed by atoms with Crippen molar-refractivity contribution in [2.75, 3.05) is 18.6 Å². The summed E-state index contributed by atoms with van der Waals surface area (Å²) < 4.78 is 23.8. The number of nitrogens with zero attached hydrogens (tertiary/aromatic N) is 1. The minimum absolute atomic E-state index is 0.0218. The van der Waals surface area contributed by atoms with Crippen molar-refractivity contribution in [3.8, 4) is 0 Å². The van der Waals surface area contributed by atoms with Gasteiger partial charge in [-0.05, 0) is 34.5 Å². The second-order valence-electron chi connectivity index (χ2n) is 4.44. The van der Waals surface area contributed by atoms with Crippen LogP contribution in [0.3, 0.4) is 0 Å². The lowest BCUT2D eigenvalue weighted by Gasteiger charge is -2.23. The molecule has 0 aromatic carbocycles. The third-order valence-electron chi connectivity index (χ3n) is 3.10. The first kappa shape index (κ1) is 14.0. The quantitative estimate of drug-likeness (QED) is 0.832. The molecule has 4 nitrogen and oxygen atoms in total. The lowest BCUT2D eigenvalue weighted by molar-refractivity contribution is -0.130. The maximum Gasteiger partial charge on any atom is 0.227 e. The molecule has 1 fully saturated rings. The van der Waals surface area contributed by atoms with Gasteiger partial charge in [-0.15, -0.1) is 11.3 Å². The highest BCUT2D eigenvalue weighted by Gasteiger charge is 2.32. The zero-order valence-corrected chi connectivity index (χ0v) is 13.1. The Labute approximate surface area is 119 Å². The highest BCUT2D eigenvalue weighted by atomic mass is 79.9. The van der Waals surface area contributed by atoms with E-state index in [0.29, 0.717) is 12.8 Å². The Balaban J connectivity index is 1.97. The van der Waals surface area contributed by atoms with E-state index in [9.17, 15) is 13.2 Å². The lowest BCUT2D eigenvalue weighted by Crippen LogP contribution is -2.38. The van der Waals surface area contributed by atoms with Gasteiger partial charge in [-0.1, -0.05) is 0 Å². The molecule has 1 aliphatic rings. The molecule has 0 N–H and O–H groups in total. The van der Waals surface area contributed by atoms with Crippen molar-refractivity contribution in [2.45, 2.75) is 18.9 Å². The molecule has 18 heavy (non-hydrogen) atoms. The van der Waals surface area contributed by atoms with Crippen LogP contribution in [0.5, 0.6) is 0 Å². The van der Waals surface area contributed by atoms with E-state index in [1.54, 1.807) is 11.9 Å². The van der Waals surface area contributed by atoms with E-state index < -0.39 is 9.84 Å². The predicted molar refractivity (Wildman–Crippen MR) is 75.6 cm³/mol. The molecule has 1 unspecified atom stereocenters. The normalized spacial score (nSPS) is 22.0. The van der Waals surface area contributed by atoms with Crippen LogP contribution in [-0.4, -0.2) is 43.8 Å². The van der Waals surface area contributed by atoms with Crippen LogP contribution < -0.4 is 0 Å². The van der Waals surface area contributed by atoms with Gasteiger partial charge >= 0.3 is 0 Å². The van der Waals surface area contributed by atoms with Gasteiger partial charge in [0.15, 0.2) is 9.84 Å². The highest BCUT2D eigenvalue weighted by molar-refractivity contribution is 9.11. The lowest BCUT2D eigenvalue weighted by atomic mass is 10.2. The average molecular weight is 352 g/mol. The molecule has 2 heterocycles. The maximum absolute atomic E-state index is 12.0. The number of likely N-dealkylation sites (N-methyl/N-ethyl adjacent to an activating group) is 1. The van der Waals surface area contributed by atoms with E-state index in [0.717, 1.165) is 8.66 Å². The summed E-state index contributed by atoms with van der Waals surface area (Å²) in [4.78, 5) is 14.6. The molecule has 1 atom stereocenters. The van der Waals surface area contributed by atoms with Crippen LogP contribution in [-0.2, 0) is 21.1 Å². The van der Waals surface area contributed by atoms with Gasteiger partial charge in [-0.2, -0.15) is 0 Å². The van der Waals surface area contributed by atoms with Crippen molar-refractivity contribution in [3.05, 3.63) is 20.8 Å². The summed E-state index contributed by atoms with van der Waals surface area (Å²) in [6, 6.07) is 3.66. The van der Waals surface area contributed by atoms with E-state index in [1.807, 2.05) is 12.1 Å². The van der Waals surface area contributed by atoms with Crippen LogP contribution in [0.4, 0.5) is 0 Å². The Morgan fingerprint density at radius 1 is 1.56 bits per heavy atom. The first-order valence-electron chi connectivity index (χ1n) is 5.58. The number of rotatable bonds is 3. The van der Waals surface area contributed by atoms with Crippen molar-refractivity contribution >= 4 is 43.0 Å². The van der Waals surface area contributed by atoms with Crippen molar-refractivity contribution < 1.29 is 13.2 Å². The van der Waals surface area contributed by atoms with Crippen LogP contribution in [0, 0.1) is 0 Å². The van der Waals surface area contributed by atoms with Gasteiger partial charge in [-0.25, -0.2) is 8.42 Å². The second kappa shape index (κ2) is 5.30. The molecular formula is C11H14BrNO3S2. The Morgan fingerprint density at radius 3 is 2.78 bits per heavy atom. The highest BCUT2D eigenvalue weighted by Crippen LogP contribution is 2.23. The Hall–Kier alpha value is -0.400. The number of amides is 1. The van der Waals surface area contributed by atoms with E-state index in [4.69, 9.17) is 0 Å². The summed E-state index contributed by atoms with van der Waals surface area (Å²) in [5.41, 5.74) is 0. The summed E-state index contributed by atoms with van der Waals surface area (Å²) in [5, 5.41) is 0. The topological polar surface area (TPSA) is 54.5 Å². The van der Waals surface area contributed by atoms with Crippen LogP contribution in [0.2, 0.25) is 0 Å². The van der Waals surface area contributed by atoms with Crippen LogP contribution in [0.15, 0.2) is 15.9 Å². The molecular weight excluding hydrogens is 338 g/mol. The van der Waals surface area contributed by atoms with Gasteiger partial charge in [0.2, 0.25) is 5.91 Å². The largest absolute Gasteiger partial charge is 0.341 e. The minimum Gasteiger partial charge on any atom is -0.341 e. The minimum atomic E-state index is -2.94. The SMILES string of the molecule is CN(C(=O)Cc1ccc(Br)s1)C1CCS(=O)(=O)C1. The molecule has 2 rings (SSSR count). The van der Waals surface area contributed by atoms with E-state index in [1.165, 1.54) is 11.3 Å². The van der Waals surface area contributed by atoms with Gasteiger partial charge in [0, 0.05) is 18.0 Å². The smallest absolute Gasteiger partial charge is 0.227 e. The molecule has 0 bridgehead atoms. The first-order valence-corrected chi connectivity index (χ1v) is 9.01. The summed E-state index contributed by atoms with van der Waals surface area (Å²) in [6.07, 6.45) is 0.891. The average Bonchev–Trinajstić information content (AvgIpc) is 2.83. The number of sulfone groups is 1. The zero-order valence-electron chi connectivity index (χ0n) is 9.93. The third kappa shape index (κ3) is 3.33. The molecule has 0 spiro atoms. The molecule has 0 saturated carbocycles. The fourth-order valence-corrected chi connectivity index (χ4v) is 5.25. The standard InChI is InChI=1S/C11H14BrNO3S2/c1-13(8-4-5-18(15,16)7-8)11(14)6-9-2-3-10(12)17-9/h2-3,8H,4-7H2,1H3. The molecule has 0 radical (unpaired) electrons. The van der Waals surface area contributed by atoms with Crippen molar-refractivity contribution in [2.24, 2.45) is 0 Å². The molecule has 7 heteroatoms. The first-order chi connectivity index (χ1) is 8.37. The van der Waals surface area contributed by atoms with Gasteiger partial charge in [0.05, 0.1) is 21.7 Å². The Bertz CT molecular complexity index is 552. The fourth-order valence-electron chi connectivity index (χ4n) is 2.00. The van der Waals surface area contributed by atoms with Crippen molar-refractivity contribution in [1.29, 1.82) is 0 Å². The molecule has 1 aromatic rings. The number of carbonyl (C=O) groups excluding carboxylic acids is 1. The van der Waals surface area contributed by atoms with Crippen LogP contribution in [0.25, 0.3) is 0 Å². The van der Waals surface area contributed by atoms with Gasteiger partial charge in [0.1, 0.15) is 0 Å². The molecule has 0 aliphatic carbocycles. The number of hydrogen-bond donors (Lipinski definition) is 0. The van der Waals surface area contributed by atoms with Gasteiger partial charge in [-0.3, -0.25) is 4.79 Å². The van der Waals surface area contributed by atoms with Crippen LogP contribution in [0.1, 0.15) is 11.3 Å².